The molecule has 3 nitrogen and oxygen atoms in total. The van der Waals surface area contributed by atoms with E-state index < -0.39 is 0 Å². The number of rotatable bonds is 3. The maximum Gasteiger partial charge on any atom is 0.144 e. The van der Waals surface area contributed by atoms with Crippen LogP contribution in [0.2, 0.25) is 0 Å². The third-order valence-electron chi connectivity index (χ3n) is 5.54. The van der Waals surface area contributed by atoms with Gasteiger partial charge in [0.15, 0.2) is 0 Å². The molecule has 5 rings (SSSR count). The molecule has 27 heavy (non-hydrogen) atoms. The predicted molar refractivity (Wildman–Crippen MR) is 109 cm³/mol. The van der Waals surface area contributed by atoms with Gasteiger partial charge in [0.25, 0.3) is 0 Å². The summed E-state index contributed by atoms with van der Waals surface area (Å²) in [5, 5.41) is 2.40. The molecule has 4 aromatic rings. The second-order valence-corrected chi connectivity index (χ2v) is 7.51. The number of imidazole rings is 1. The first-order valence-electron chi connectivity index (χ1n) is 9.51. The molecule has 0 radical (unpaired) electrons. The zero-order valence-electron chi connectivity index (χ0n) is 15.8. The van der Waals surface area contributed by atoms with Gasteiger partial charge in [0.1, 0.15) is 16.8 Å². The number of nitrogens with zero attached hydrogens (tertiary/aromatic N) is 2. The van der Waals surface area contributed by atoms with Crippen molar-refractivity contribution in [2.45, 2.75) is 20.8 Å². The summed E-state index contributed by atoms with van der Waals surface area (Å²) < 4.78 is 8.58. The summed E-state index contributed by atoms with van der Waals surface area (Å²) in [6.07, 6.45) is 3.96. The van der Waals surface area contributed by atoms with E-state index in [1.165, 1.54) is 21.9 Å². The minimum atomic E-state index is 0.278. The number of aromatic nitrogens is 2. The molecule has 0 bridgehead atoms. The van der Waals surface area contributed by atoms with Crippen molar-refractivity contribution >= 4 is 22.2 Å². The van der Waals surface area contributed by atoms with Gasteiger partial charge in [-0.1, -0.05) is 69.3 Å². The van der Waals surface area contributed by atoms with E-state index in [2.05, 4.69) is 79.0 Å². The second-order valence-electron chi connectivity index (χ2n) is 7.51. The fourth-order valence-corrected chi connectivity index (χ4v) is 4.45. The van der Waals surface area contributed by atoms with E-state index in [1.807, 2.05) is 18.3 Å². The number of furan rings is 1. The largest absolute Gasteiger partial charge is 0.456 e. The molecular formula is C24H22N2O. The molecule has 1 aliphatic carbocycles. The molecule has 0 amide bonds. The first-order chi connectivity index (χ1) is 13.2. The minimum Gasteiger partial charge on any atom is -0.456 e. The topological polar surface area (TPSA) is 31.0 Å². The molecule has 0 saturated heterocycles. The van der Waals surface area contributed by atoms with E-state index in [4.69, 9.17) is 4.42 Å². The standard InChI is InChI=1S/C24H22N2O/c1-15(2)20-16(3)22(21-18-11-7-8-12-19(18)27-23(20)21)26-14-13-25-24(26)17-9-5-4-6-10-17/h4-16H,1-3H3. The van der Waals surface area contributed by atoms with E-state index in [-0.39, 0.29) is 5.92 Å². The van der Waals surface area contributed by atoms with Gasteiger partial charge in [-0.3, -0.25) is 0 Å². The Bertz CT molecular complexity index is 1260. The molecule has 1 atom stereocenters. The van der Waals surface area contributed by atoms with E-state index >= 15 is 0 Å². The molecule has 1 aliphatic rings. The van der Waals surface area contributed by atoms with Crippen molar-refractivity contribution in [1.82, 2.24) is 9.55 Å². The smallest absolute Gasteiger partial charge is 0.144 e. The fourth-order valence-electron chi connectivity index (χ4n) is 4.45. The van der Waals surface area contributed by atoms with Crippen molar-refractivity contribution in [3.8, 4) is 11.4 Å². The highest BCUT2D eigenvalue weighted by molar-refractivity contribution is 5.86. The van der Waals surface area contributed by atoms with Gasteiger partial charge < -0.3 is 8.98 Å². The lowest BCUT2D eigenvalue weighted by Crippen LogP contribution is -2.22. The van der Waals surface area contributed by atoms with Crippen LogP contribution in [-0.4, -0.2) is 9.55 Å². The molecule has 0 aliphatic heterocycles. The molecule has 3 heteroatoms. The normalized spacial score (nSPS) is 16.5. The first-order valence-corrected chi connectivity index (χ1v) is 9.51. The third kappa shape index (κ3) is 2.31. The minimum absolute atomic E-state index is 0.278. The zero-order chi connectivity index (χ0) is 18.5. The van der Waals surface area contributed by atoms with Gasteiger partial charge in [0.2, 0.25) is 0 Å². The van der Waals surface area contributed by atoms with Gasteiger partial charge in [0.05, 0.1) is 0 Å². The second kappa shape index (κ2) is 5.98. The number of hydrogen-bond donors (Lipinski definition) is 0. The molecule has 0 saturated carbocycles. The van der Waals surface area contributed by atoms with Crippen LogP contribution in [-0.2, 0) is 0 Å². The summed E-state index contributed by atoms with van der Waals surface area (Å²) in [6.45, 7) is 6.78. The van der Waals surface area contributed by atoms with Crippen LogP contribution < -0.4 is 10.6 Å². The summed E-state index contributed by atoms with van der Waals surface area (Å²) in [7, 11) is 0. The van der Waals surface area contributed by atoms with Crippen LogP contribution in [0.1, 0.15) is 20.8 Å². The lowest BCUT2D eigenvalue weighted by Gasteiger charge is -2.20. The molecule has 2 heterocycles. The summed E-state index contributed by atoms with van der Waals surface area (Å²) in [5.74, 6) is 1.67. The summed E-state index contributed by atoms with van der Waals surface area (Å²) >= 11 is 0. The van der Waals surface area contributed by atoms with Crippen LogP contribution in [0.4, 0.5) is 0 Å². The van der Waals surface area contributed by atoms with Gasteiger partial charge in [-0.2, -0.15) is 0 Å². The quantitative estimate of drug-likeness (QED) is 0.546. The zero-order valence-corrected chi connectivity index (χ0v) is 15.8. The van der Waals surface area contributed by atoms with Crippen LogP contribution in [0.3, 0.4) is 0 Å². The first kappa shape index (κ1) is 16.1. The highest BCUT2D eigenvalue weighted by Crippen LogP contribution is 2.34. The van der Waals surface area contributed by atoms with E-state index in [9.17, 15) is 0 Å². The van der Waals surface area contributed by atoms with Gasteiger partial charge in [-0.15, -0.1) is 0 Å². The summed E-state index contributed by atoms with van der Waals surface area (Å²) in [4.78, 5) is 4.67. The van der Waals surface area contributed by atoms with Crippen molar-refractivity contribution < 1.29 is 4.42 Å². The Morgan fingerprint density at radius 3 is 2.52 bits per heavy atom. The maximum absolute atomic E-state index is 6.34. The van der Waals surface area contributed by atoms with Crippen LogP contribution in [0, 0.1) is 11.8 Å². The number of para-hydroxylation sites is 1. The Hall–Kier alpha value is -3.07. The Balaban J connectivity index is 1.90. The van der Waals surface area contributed by atoms with Crippen molar-refractivity contribution in [3.05, 3.63) is 77.6 Å². The molecule has 0 N–H and O–H groups in total. The monoisotopic (exact) mass is 354 g/mol. The lowest BCUT2D eigenvalue weighted by molar-refractivity contribution is 0.561. The lowest BCUT2D eigenvalue weighted by atomic mass is 9.92. The van der Waals surface area contributed by atoms with Gasteiger partial charge in [-0.05, 0) is 17.6 Å². The van der Waals surface area contributed by atoms with Crippen molar-refractivity contribution in [2.24, 2.45) is 11.8 Å². The Kier molecular flexibility index (Phi) is 3.57. The highest BCUT2D eigenvalue weighted by Gasteiger charge is 2.30. The van der Waals surface area contributed by atoms with Crippen molar-refractivity contribution in [2.75, 3.05) is 0 Å². The van der Waals surface area contributed by atoms with Gasteiger partial charge >= 0.3 is 0 Å². The molecule has 2 aromatic heterocycles. The third-order valence-corrected chi connectivity index (χ3v) is 5.54. The Labute approximate surface area is 158 Å². The van der Waals surface area contributed by atoms with Crippen molar-refractivity contribution in [3.63, 3.8) is 0 Å². The molecule has 0 fully saturated rings. The van der Waals surface area contributed by atoms with Crippen LogP contribution >= 0.6 is 0 Å². The fraction of sp³-hybridized carbons (Fsp3) is 0.208. The van der Waals surface area contributed by atoms with E-state index in [0.29, 0.717) is 5.92 Å². The Morgan fingerprint density at radius 2 is 1.74 bits per heavy atom. The molecule has 2 aromatic carbocycles. The number of benzene rings is 2. The average Bonchev–Trinajstić information content (AvgIpc) is 3.34. The summed E-state index contributed by atoms with van der Waals surface area (Å²) in [6, 6.07) is 18.7. The van der Waals surface area contributed by atoms with Gasteiger partial charge in [-0.25, -0.2) is 4.98 Å². The molecule has 1 unspecified atom stereocenters. The Morgan fingerprint density at radius 1 is 1.00 bits per heavy atom. The SMILES string of the molecule is CC(C)C1=c2oc3ccccc3c2=C(n2ccnc2-c2ccccc2)C1C. The average molecular weight is 354 g/mol. The number of hydrogen-bond acceptors (Lipinski definition) is 2. The maximum atomic E-state index is 6.34. The summed E-state index contributed by atoms with van der Waals surface area (Å²) in [5.41, 5.74) is 5.74. The van der Waals surface area contributed by atoms with Crippen LogP contribution in [0.15, 0.2) is 71.4 Å². The van der Waals surface area contributed by atoms with Gasteiger partial charge in [0, 0.05) is 40.2 Å². The van der Waals surface area contributed by atoms with Crippen molar-refractivity contribution in [1.29, 1.82) is 0 Å². The molecule has 0 spiro atoms. The van der Waals surface area contributed by atoms with Crippen LogP contribution in [0.25, 0.3) is 33.6 Å². The number of fused-ring (bicyclic) bond motifs is 3. The predicted octanol–water partition coefficient (Wildman–Crippen LogP) is 4.41. The highest BCUT2D eigenvalue weighted by atomic mass is 16.3. The molecular weight excluding hydrogens is 332 g/mol. The van der Waals surface area contributed by atoms with Crippen LogP contribution in [0.5, 0.6) is 0 Å². The molecule has 134 valence electrons. The van der Waals surface area contributed by atoms with E-state index in [0.717, 1.165) is 22.4 Å². The van der Waals surface area contributed by atoms with E-state index in [1.54, 1.807) is 0 Å².